The molecule has 0 saturated heterocycles. The molecule has 0 radical (unpaired) electrons. The average molecular weight is 292 g/mol. The van der Waals surface area contributed by atoms with Gasteiger partial charge in [0.05, 0.1) is 12.7 Å². The Morgan fingerprint density at radius 3 is 2.53 bits per heavy atom. The number of urea groups is 1. The number of nitrogens with one attached hydrogen (secondary N) is 1. The molecule has 0 aliphatic carbocycles. The van der Waals surface area contributed by atoms with Crippen molar-refractivity contribution in [3.8, 4) is 0 Å². The molecule has 0 rings (SSSR count). The summed E-state index contributed by atoms with van der Waals surface area (Å²) in [6.45, 7) is 4.70. The van der Waals surface area contributed by atoms with Gasteiger partial charge in [0.2, 0.25) is 0 Å². The Labute approximate surface area is 118 Å². The smallest absolute Gasteiger partial charge is 0.326 e. The van der Waals surface area contributed by atoms with E-state index in [1.807, 2.05) is 20.1 Å². The van der Waals surface area contributed by atoms with E-state index in [2.05, 4.69) is 5.32 Å². The fraction of sp³-hybridized carbons (Fsp3) is 0.833. The molecule has 0 saturated carbocycles. The van der Waals surface area contributed by atoms with Gasteiger partial charge in [-0.2, -0.15) is 11.8 Å². The lowest BCUT2D eigenvalue weighted by Gasteiger charge is -2.21. The number of rotatable bonds is 9. The van der Waals surface area contributed by atoms with Crippen molar-refractivity contribution >= 4 is 23.8 Å². The Bertz CT molecular complexity index is 287. The molecule has 0 aromatic rings. The van der Waals surface area contributed by atoms with Crippen molar-refractivity contribution in [1.82, 2.24) is 10.2 Å². The number of aliphatic carboxylic acids is 1. The number of hydrogen-bond acceptors (Lipinski definition) is 4. The number of amides is 2. The molecule has 0 aliphatic rings. The molecule has 0 spiro atoms. The van der Waals surface area contributed by atoms with Gasteiger partial charge in [-0.25, -0.2) is 9.59 Å². The van der Waals surface area contributed by atoms with Crippen molar-refractivity contribution in [1.29, 1.82) is 0 Å². The zero-order chi connectivity index (χ0) is 14.8. The predicted molar refractivity (Wildman–Crippen MR) is 76.7 cm³/mol. The topological polar surface area (TPSA) is 78.9 Å². The second-order valence-corrected chi connectivity index (χ2v) is 5.45. The van der Waals surface area contributed by atoms with Crippen LogP contribution in [0.25, 0.3) is 0 Å². The summed E-state index contributed by atoms with van der Waals surface area (Å²) in [6, 6.07) is -1.23. The van der Waals surface area contributed by atoms with Crippen molar-refractivity contribution in [3.63, 3.8) is 0 Å². The third-order valence-electron chi connectivity index (χ3n) is 2.43. The third-order valence-corrected chi connectivity index (χ3v) is 3.07. The van der Waals surface area contributed by atoms with Gasteiger partial charge in [-0.05, 0) is 32.3 Å². The minimum atomic E-state index is -1.01. The van der Waals surface area contributed by atoms with Crippen LogP contribution in [0.3, 0.4) is 0 Å². The van der Waals surface area contributed by atoms with Crippen molar-refractivity contribution in [3.05, 3.63) is 0 Å². The number of carboxylic acid groups (broad SMARTS) is 1. The van der Waals surface area contributed by atoms with Gasteiger partial charge < -0.3 is 20.1 Å². The van der Waals surface area contributed by atoms with Crippen LogP contribution in [0.5, 0.6) is 0 Å². The molecule has 6 nitrogen and oxygen atoms in total. The monoisotopic (exact) mass is 292 g/mol. The van der Waals surface area contributed by atoms with Crippen LogP contribution in [0, 0.1) is 0 Å². The first-order valence-corrected chi connectivity index (χ1v) is 7.62. The lowest BCUT2D eigenvalue weighted by Crippen LogP contribution is -2.47. The van der Waals surface area contributed by atoms with E-state index >= 15 is 0 Å². The molecule has 0 fully saturated rings. The number of ether oxygens (including phenoxy) is 1. The van der Waals surface area contributed by atoms with Gasteiger partial charge in [0.1, 0.15) is 6.04 Å². The van der Waals surface area contributed by atoms with Crippen LogP contribution in [0.4, 0.5) is 4.79 Å². The zero-order valence-electron chi connectivity index (χ0n) is 12.0. The van der Waals surface area contributed by atoms with E-state index in [0.717, 1.165) is 0 Å². The number of carbonyl (C=O) groups is 2. The van der Waals surface area contributed by atoms with Gasteiger partial charge in [-0.15, -0.1) is 0 Å². The highest BCUT2D eigenvalue weighted by atomic mass is 32.2. The lowest BCUT2D eigenvalue weighted by atomic mass is 10.2. The van der Waals surface area contributed by atoms with Crippen LogP contribution in [0.15, 0.2) is 0 Å². The Balaban J connectivity index is 4.12. The number of likely N-dealkylation sites (N-methyl/N-ethyl adjacent to an activating group) is 1. The van der Waals surface area contributed by atoms with Crippen molar-refractivity contribution in [2.45, 2.75) is 32.4 Å². The maximum atomic E-state index is 11.8. The van der Waals surface area contributed by atoms with E-state index < -0.39 is 12.0 Å². The highest BCUT2D eigenvalue weighted by Crippen LogP contribution is 2.02. The molecular weight excluding hydrogens is 268 g/mol. The summed E-state index contributed by atoms with van der Waals surface area (Å²) in [5.41, 5.74) is 0. The average Bonchev–Trinajstić information content (AvgIpc) is 2.33. The van der Waals surface area contributed by atoms with Crippen LogP contribution in [0.1, 0.15) is 20.3 Å². The SMILES string of the molecule is CSCCC(NC(=O)N(C)CCOC(C)C)C(=O)O. The van der Waals surface area contributed by atoms with Gasteiger partial charge in [0, 0.05) is 13.6 Å². The Morgan fingerprint density at radius 2 is 2.05 bits per heavy atom. The number of hydrogen-bond donors (Lipinski definition) is 2. The maximum Gasteiger partial charge on any atom is 0.326 e. The van der Waals surface area contributed by atoms with Gasteiger partial charge >= 0.3 is 12.0 Å². The number of thioether (sulfide) groups is 1. The van der Waals surface area contributed by atoms with E-state index in [9.17, 15) is 9.59 Å². The molecule has 2 amide bonds. The standard InChI is InChI=1S/C12H24N2O4S/c1-9(2)18-7-6-14(3)12(17)13-10(11(15)16)5-8-19-4/h9-10H,5-8H2,1-4H3,(H,13,17)(H,15,16). The Kier molecular flexibility index (Phi) is 9.42. The molecule has 1 unspecified atom stereocenters. The fourth-order valence-electron chi connectivity index (χ4n) is 1.28. The summed E-state index contributed by atoms with van der Waals surface area (Å²) in [4.78, 5) is 24.2. The van der Waals surface area contributed by atoms with E-state index in [1.165, 1.54) is 4.90 Å². The first kappa shape index (κ1) is 18.0. The van der Waals surface area contributed by atoms with Gasteiger partial charge in [0.25, 0.3) is 0 Å². The molecule has 112 valence electrons. The Morgan fingerprint density at radius 1 is 1.42 bits per heavy atom. The minimum Gasteiger partial charge on any atom is -0.480 e. The molecule has 0 heterocycles. The minimum absolute atomic E-state index is 0.116. The van der Waals surface area contributed by atoms with E-state index in [-0.39, 0.29) is 12.1 Å². The van der Waals surface area contributed by atoms with Crippen LogP contribution >= 0.6 is 11.8 Å². The van der Waals surface area contributed by atoms with Crippen LogP contribution in [0.2, 0.25) is 0 Å². The molecule has 0 bridgehead atoms. The first-order valence-electron chi connectivity index (χ1n) is 6.23. The first-order chi connectivity index (χ1) is 8.88. The number of carbonyl (C=O) groups excluding carboxylic acids is 1. The van der Waals surface area contributed by atoms with Crippen LogP contribution in [-0.4, -0.2) is 66.4 Å². The van der Waals surface area contributed by atoms with Crippen LogP contribution in [-0.2, 0) is 9.53 Å². The number of nitrogens with zero attached hydrogens (tertiary/aromatic N) is 1. The molecule has 19 heavy (non-hydrogen) atoms. The summed E-state index contributed by atoms with van der Waals surface area (Å²) in [5, 5.41) is 11.5. The summed E-state index contributed by atoms with van der Waals surface area (Å²) in [7, 11) is 1.62. The summed E-state index contributed by atoms with van der Waals surface area (Å²) < 4.78 is 5.34. The van der Waals surface area contributed by atoms with Gasteiger partial charge in [-0.1, -0.05) is 0 Å². The van der Waals surface area contributed by atoms with Crippen molar-refractivity contribution in [2.24, 2.45) is 0 Å². The quantitative estimate of drug-likeness (QED) is 0.669. The predicted octanol–water partition coefficient (Wildman–Crippen LogP) is 1.26. The van der Waals surface area contributed by atoms with Gasteiger partial charge in [0.15, 0.2) is 0 Å². The molecule has 0 aliphatic heterocycles. The Hall–Kier alpha value is -0.950. The van der Waals surface area contributed by atoms with E-state index in [0.29, 0.717) is 25.3 Å². The fourth-order valence-corrected chi connectivity index (χ4v) is 1.75. The lowest BCUT2D eigenvalue weighted by molar-refractivity contribution is -0.139. The second-order valence-electron chi connectivity index (χ2n) is 4.46. The van der Waals surface area contributed by atoms with Crippen molar-refractivity contribution in [2.75, 3.05) is 32.2 Å². The van der Waals surface area contributed by atoms with E-state index in [1.54, 1.807) is 18.8 Å². The maximum absolute atomic E-state index is 11.8. The third kappa shape index (κ3) is 8.72. The zero-order valence-corrected chi connectivity index (χ0v) is 12.8. The molecule has 0 aromatic heterocycles. The summed E-state index contributed by atoms with van der Waals surface area (Å²) in [6.07, 6.45) is 2.43. The van der Waals surface area contributed by atoms with E-state index in [4.69, 9.17) is 9.84 Å². The molecule has 1 atom stereocenters. The second kappa shape index (κ2) is 9.91. The summed E-state index contributed by atoms with van der Waals surface area (Å²) >= 11 is 1.55. The summed E-state index contributed by atoms with van der Waals surface area (Å²) in [5.74, 6) is -0.313. The molecular formula is C12H24N2O4S. The molecule has 7 heteroatoms. The molecule has 2 N–H and O–H groups in total. The molecule has 0 aromatic carbocycles. The highest BCUT2D eigenvalue weighted by molar-refractivity contribution is 7.98. The normalized spacial score (nSPS) is 12.3. The van der Waals surface area contributed by atoms with Gasteiger partial charge in [-0.3, -0.25) is 0 Å². The highest BCUT2D eigenvalue weighted by Gasteiger charge is 2.21. The number of carboxylic acids is 1. The van der Waals surface area contributed by atoms with Crippen molar-refractivity contribution < 1.29 is 19.4 Å². The largest absolute Gasteiger partial charge is 0.480 e. The van der Waals surface area contributed by atoms with Crippen LogP contribution < -0.4 is 5.32 Å².